The molecule has 0 aliphatic heterocycles. The number of nitrogens with one attached hydrogen (secondary N) is 1. The van der Waals surface area contributed by atoms with Crippen molar-refractivity contribution >= 4 is 34.1 Å². The first kappa shape index (κ1) is 25.7. The van der Waals surface area contributed by atoms with Crippen LogP contribution in [0.15, 0.2) is 65.7 Å². The van der Waals surface area contributed by atoms with Crippen LogP contribution in [0.3, 0.4) is 0 Å². The van der Waals surface area contributed by atoms with E-state index in [0.717, 1.165) is 17.0 Å². The number of benzene rings is 2. The quantitative estimate of drug-likeness (QED) is 0.193. The molecule has 0 saturated carbocycles. The van der Waals surface area contributed by atoms with Gasteiger partial charge in [0.15, 0.2) is 22.2 Å². The molecule has 0 spiro atoms. The van der Waals surface area contributed by atoms with Gasteiger partial charge in [-0.3, -0.25) is 9.36 Å². The predicted octanol–water partition coefficient (Wildman–Crippen LogP) is 6.38. The molecule has 1 N–H and O–H groups in total. The highest BCUT2D eigenvalue weighted by molar-refractivity contribution is 7.99. The summed E-state index contributed by atoms with van der Waals surface area (Å²) in [4.78, 5) is 17.2. The summed E-state index contributed by atoms with van der Waals surface area (Å²) in [6.45, 7) is 12.5. The van der Waals surface area contributed by atoms with Crippen LogP contribution in [0.1, 0.15) is 35.5 Å². The van der Waals surface area contributed by atoms with Crippen LogP contribution in [0.4, 0.5) is 5.13 Å². The van der Waals surface area contributed by atoms with E-state index in [1.807, 2.05) is 54.1 Å². The minimum Gasteiger partial charge on any atom is -0.483 e. The molecule has 4 rings (SSSR count). The van der Waals surface area contributed by atoms with Gasteiger partial charge in [0.25, 0.3) is 0 Å². The summed E-state index contributed by atoms with van der Waals surface area (Å²) in [7, 11) is 0. The lowest BCUT2D eigenvalue weighted by atomic mass is 10.1. The number of ether oxygens (including phenoxy) is 1. The van der Waals surface area contributed by atoms with E-state index >= 15 is 0 Å². The van der Waals surface area contributed by atoms with Crippen molar-refractivity contribution in [2.75, 3.05) is 11.1 Å². The molecule has 1 amide bonds. The average Bonchev–Trinajstić information content (AvgIpc) is 3.48. The number of aromatic nitrogens is 4. The molecule has 0 aliphatic carbocycles. The fourth-order valence-corrected chi connectivity index (χ4v) is 5.02. The van der Waals surface area contributed by atoms with Crippen molar-refractivity contribution < 1.29 is 9.53 Å². The molecular weight excluding hydrogens is 490 g/mol. The third-order valence-corrected chi connectivity index (χ3v) is 7.36. The number of aryl methyl sites for hydroxylation is 3. The van der Waals surface area contributed by atoms with Crippen LogP contribution >= 0.6 is 23.1 Å². The second-order valence-electron chi connectivity index (χ2n) is 8.49. The van der Waals surface area contributed by atoms with Crippen LogP contribution in [-0.4, -0.2) is 31.4 Å². The molecule has 4 aromatic rings. The molecule has 2 heterocycles. The Labute approximate surface area is 219 Å². The third kappa shape index (κ3) is 6.22. The number of carbonyl (C=O) groups excluding carboxylic acids is 1. The van der Waals surface area contributed by atoms with E-state index in [1.54, 1.807) is 6.08 Å². The van der Waals surface area contributed by atoms with Crippen molar-refractivity contribution in [2.24, 2.45) is 0 Å². The van der Waals surface area contributed by atoms with Crippen LogP contribution in [0, 0.1) is 20.8 Å². The summed E-state index contributed by atoms with van der Waals surface area (Å²) in [5, 5.41) is 14.7. The Morgan fingerprint density at radius 1 is 1.17 bits per heavy atom. The summed E-state index contributed by atoms with van der Waals surface area (Å²) in [6.07, 6.45) is 1.46. The topological polar surface area (TPSA) is 81.9 Å². The Morgan fingerprint density at radius 2 is 1.94 bits per heavy atom. The number of hydrogen-bond donors (Lipinski definition) is 1. The maximum atomic E-state index is 12.6. The van der Waals surface area contributed by atoms with Gasteiger partial charge in [0.05, 0.1) is 11.4 Å². The average molecular weight is 520 g/mol. The first-order chi connectivity index (χ1) is 17.3. The van der Waals surface area contributed by atoms with E-state index in [4.69, 9.17) is 4.74 Å². The van der Waals surface area contributed by atoms with E-state index < -0.39 is 0 Å². The number of carbonyl (C=O) groups is 1. The highest BCUT2D eigenvalue weighted by Gasteiger charge is 2.20. The summed E-state index contributed by atoms with van der Waals surface area (Å²) < 4.78 is 7.98. The molecule has 36 heavy (non-hydrogen) atoms. The number of amides is 1. The Hall–Kier alpha value is -3.43. The van der Waals surface area contributed by atoms with Crippen molar-refractivity contribution in [3.8, 4) is 17.0 Å². The lowest BCUT2D eigenvalue weighted by Gasteiger charge is -2.15. The highest BCUT2D eigenvalue weighted by atomic mass is 32.2. The molecular formula is C27H29N5O2S2. The van der Waals surface area contributed by atoms with Crippen LogP contribution in [0.25, 0.3) is 11.3 Å². The van der Waals surface area contributed by atoms with Crippen LogP contribution < -0.4 is 10.1 Å². The molecule has 2 aromatic heterocycles. The second-order valence-corrected chi connectivity index (χ2v) is 10.3. The lowest BCUT2D eigenvalue weighted by molar-refractivity contribution is -0.113. The molecule has 0 radical (unpaired) electrons. The molecule has 9 heteroatoms. The zero-order valence-corrected chi connectivity index (χ0v) is 22.4. The molecule has 186 valence electrons. The van der Waals surface area contributed by atoms with Gasteiger partial charge in [-0.1, -0.05) is 47.7 Å². The Bertz CT molecular complexity index is 1360. The fourth-order valence-electron chi connectivity index (χ4n) is 3.53. The largest absolute Gasteiger partial charge is 0.483 e. The fraction of sp³-hybridized carbons (Fsp3) is 0.259. The maximum Gasteiger partial charge on any atom is 0.236 e. The second kappa shape index (κ2) is 11.5. The molecule has 0 saturated heterocycles. The predicted molar refractivity (Wildman–Crippen MR) is 147 cm³/mol. The number of nitrogens with zero attached hydrogens (tertiary/aromatic N) is 4. The molecule has 0 aliphatic rings. The number of anilines is 1. The minimum absolute atomic E-state index is 0.153. The summed E-state index contributed by atoms with van der Waals surface area (Å²) in [5.41, 5.74) is 5.51. The monoisotopic (exact) mass is 519 g/mol. The van der Waals surface area contributed by atoms with Gasteiger partial charge in [0.2, 0.25) is 5.91 Å². The van der Waals surface area contributed by atoms with Crippen molar-refractivity contribution in [1.82, 2.24) is 19.7 Å². The number of thioether (sulfide) groups is 1. The third-order valence-electron chi connectivity index (χ3n) is 5.64. The molecule has 0 bridgehead atoms. The number of thiazole rings is 1. The van der Waals surface area contributed by atoms with Gasteiger partial charge in [-0.2, -0.15) is 0 Å². The minimum atomic E-state index is -0.317. The highest BCUT2D eigenvalue weighted by Crippen LogP contribution is 2.28. The number of hydrogen-bond acceptors (Lipinski definition) is 7. The van der Waals surface area contributed by atoms with Crippen LogP contribution in [0.2, 0.25) is 0 Å². The Kier molecular flexibility index (Phi) is 8.22. The van der Waals surface area contributed by atoms with E-state index in [-0.39, 0.29) is 17.8 Å². The Balaban J connectivity index is 1.38. The van der Waals surface area contributed by atoms with Crippen molar-refractivity contribution in [2.45, 2.75) is 45.5 Å². The summed E-state index contributed by atoms with van der Waals surface area (Å²) in [5.74, 6) is 1.47. The van der Waals surface area contributed by atoms with Gasteiger partial charge in [0.1, 0.15) is 5.75 Å². The lowest BCUT2D eigenvalue weighted by Crippen LogP contribution is -2.15. The molecule has 0 fully saturated rings. The van der Waals surface area contributed by atoms with Gasteiger partial charge in [-0.05, 0) is 57.0 Å². The van der Waals surface area contributed by atoms with Gasteiger partial charge in [-0.15, -0.1) is 28.1 Å². The van der Waals surface area contributed by atoms with E-state index in [0.29, 0.717) is 22.7 Å². The van der Waals surface area contributed by atoms with Crippen molar-refractivity contribution in [3.63, 3.8) is 0 Å². The first-order valence-corrected chi connectivity index (χ1v) is 13.4. The maximum absolute atomic E-state index is 12.6. The summed E-state index contributed by atoms with van der Waals surface area (Å²) >= 11 is 2.73. The van der Waals surface area contributed by atoms with Gasteiger partial charge in [0, 0.05) is 17.5 Å². The molecule has 2 aromatic carbocycles. The summed E-state index contributed by atoms with van der Waals surface area (Å²) in [6, 6.07) is 14.1. The van der Waals surface area contributed by atoms with Crippen molar-refractivity contribution in [1.29, 1.82) is 0 Å². The van der Waals surface area contributed by atoms with Crippen molar-refractivity contribution in [3.05, 3.63) is 83.0 Å². The SMILES string of the molecule is C=CCn1c(SCC(=O)Nc2nc(-c3ccc(C)c(C)c3)cs2)nnc1C(C)Oc1ccc(C)cc1. The van der Waals surface area contributed by atoms with Crippen LogP contribution in [-0.2, 0) is 11.3 Å². The van der Waals surface area contributed by atoms with Gasteiger partial charge < -0.3 is 10.1 Å². The molecule has 7 nitrogen and oxygen atoms in total. The zero-order chi connectivity index (χ0) is 25.7. The number of rotatable bonds is 10. The van der Waals surface area contributed by atoms with E-state index in [1.165, 1.54) is 39.8 Å². The first-order valence-electron chi connectivity index (χ1n) is 11.6. The molecule has 1 unspecified atom stereocenters. The normalized spacial score (nSPS) is 11.8. The molecule has 1 atom stereocenters. The van der Waals surface area contributed by atoms with E-state index in [2.05, 4.69) is 53.1 Å². The Morgan fingerprint density at radius 3 is 2.67 bits per heavy atom. The van der Waals surface area contributed by atoms with Gasteiger partial charge in [-0.25, -0.2) is 4.98 Å². The number of allylic oxidation sites excluding steroid dienone is 1. The standard InChI is InChI=1S/C27H29N5O2S2/c1-6-13-32-25(20(5)34-22-11-7-17(2)8-12-22)30-31-27(32)36-16-24(33)29-26-28-23(15-35-26)21-10-9-18(3)19(4)14-21/h6-12,14-15,20H,1,13,16H2,2-5H3,(H,28,29,33). The van der Waals surface area contributed by atoms with E-state index in [9.17, 15) is 4.79 Å². The smallest absolute Gasteiger partial charge is 0.236 e. The van der Waals surface area contributed by atoms with Gasteiger partial charge >= 0.3 is 0 Å². The zero-order valence-electron chi connectivity index (χ0n) is 20.8. The van der Waals surface area contributed by atoms with Crippen LogP contribution in [0.5, 0.6) is 5.75 Å².